The second-order valence-electron chi connectivity index (χ2n) is 3.54. The minimum absolute atomic E-state index is 0.143. The molecule has 82 valence electrons. The number of rotatable bonds is 5. The van der Waals surface area contributed by atoms with Crippen LogP contribution in [0, 0.1) is 0 Å². The van der Waals surface area contributed by atoms with Gasteiger partial charge in [-0.1, -0.05) is 55.7 Å². The van der Waals surface area contributed by atoms with Gasteiger partial charge in [0.25, 0.3) is 0 Å². The van der Waals surface area contributed by atoms with Crippen molar-refractivity contribution in [2.75, 3.05) is 0 Å². The number of aliphatic imine (C=N–C) groups is 1. The molecule has 16 heavy (non-hydrogen) atoms. The molecule has 0 heterocycles. The van der Waals surface area contributed by atoms with Crippen LogP contribution in [0.4, 0.5) is 0 Å². The zero-order valence-corrected chi connectivity index (χ0v) is 9.69. The second-order valence-corrected chi connectivity index (χ2v) is 3.54. The van der Waals surface area contributed by atoms with Crippen LogP contribution in [-0.2, 0) is 0 Å². The predicted octanol–water partition coefficient (Wildman–Crippen LogP) is 4.20. The predicted molar refractivity (Wildman–Crippen MR) is 72.8 cm³/mol. The van der Waals surface area contributed by atoms with Crippen LogP contribution in [0.15, 0.2) is 60.6 Å². The van der Waals surface area contributed by atoms with Crippen molar-refractivity contribution in [2.45, 2.75) is 13.0 Å². The maximum absolute atomic E-state index is 3.99. The Bertz CT molecular complexity index is 410. The number of hydrogen-bond donors (Lipinski definition) is 0. The highest BCUT2D eigenvalue weighted by atomic mass is 14.7. The van der Waals surface area contributed by atoms with Gasteiger partial charge in [0.05, 0.1) is 6.04 Å². The summed E-state index contributed by atoms with van der Waals surface area (Å²) in [5, 5.41) is 0. The minimum Gasteiger partial charge on any atom is -0.293 e. The molecule has 0 aliphatic heterocycles. The summed E-state index contributed by atoms with van der Waals surface area (Å²) in [5.41, 5.74) is 3.37. The van der Waals surface area contributed by atoms with Gasteiger partial charge in [0.2, 0.25) is 0 Å². The van der Waals surface area contributed by atoms with Crippen molar-refractivity contribution in [2.24, 2.45) is 4.99 Å². The smallest absolute Gasteiger partial charge is 0.0713 e. The highest BCUT2D eigenvalue weighted by molar-refractivity contribution is 5.74. The molecule has 0 fully saturated rings. The van der Waals surface area contributed by atoms with E-state index >= 15 is 0 Å². The van der Waals surface area contributed by atoms with E-state index in [2.05, 4.69) is 49.1 Å². The molecule has 1 nitrogen and oxygen atoms in total. The molecule has 0 bridgehead atoms. The van der Waals surface area contributed by atoms with Crippen LogP contribution in [0.1, 0.15) is 24.1 Å². The van der Waals surface area contributed by atoms with Gasteiger partial charge in [-0.15, -0.1) is 0 Å². The summed E-state index contributed by atoms with van der Waals surface area (Å²) in [6, 6.07) is 8.40. The lowest BCUT2D eigenvalue weighted by Gasteiger charge is -2.07. The monoisotopic (exact) mass is 211 g/mol. The molecule has 1 atom stereocenters. The van der Waals surface area contributed by atoms with Gasteiger partial charge >= 0.3 is 0 Å². The lowest BCUT2D eigenvalue weighted by Crippen LogP contribution is -1.89. The van der Waals surface area contributed by atoms with Crippen LogP contribution in [0.2, 0.25) is 0 Å². The number of benzene rings is 1. The summed E-state index contributed by atoms with van der Waals surface area (Å²) >= 11 is 0. The van der Waals surface area contributed by atoms with Crippen molar-refractivity contribution in [3.05, 3.63) is 66.8 Å². The first-order valence-corrected chi connectivity index (χ1v) is 5.24. The summed E-state index contributed by atoms with van der Waals surface area (Å²) in [6.45, 7) is 13.0. The molecular weight excluding hydrogens is 194 g/mol. The van der Waals surface area contributed by atoms with Crippen molar-refractivity contribution in [1.29, 1.82) is 0 Å². The van der Waals surface area contributed by atoms with Crippen LogP contribution in [0.3, 0.4) is 0 Å². The normalized spacial score (nSPS) is 12.9. The van der Waals surface area contributed by atoms with E-state index in [1.54, 1.807) is 6.08 Å². The lowest BCUT2D eigenvalue weighted by molar-refractivity contribution is 0.828. The first kappa shape index (κ1) is 12.2. The molecule has 0 N–H and O–H groups in total. The number of allylic oxidation sites excluding steroid dienone is 4. The van der Waals surface area contributed by atoms with Crippen molar-refractivity contribution >= 4 is 12.3 Å². The molecule has 1 unspecified atom stereocenters. The third-order valence-corrected chi connectivity index (χ3v) is 2.52. The second kappa shape index (κ2) is 5.86. The van der Waals surface area contributed by atoms with Gasteiger partial charge in [-0.05, 0) is 30.3 Å². The molecule has 1 aromatic rings. The van der Waals surface area contributed by atoms with Gasteiger partial charge in [-0.25, -0.2) is 0 Å². The Balaban J connectivity index is 3.02. The summed E-state index contributed by atoms with van der Waals surface area (Å²) in [6.07, 6.45) is 5.53. The summed E-state index contributed by atoms with van der Waals surface area (Å²) in [7, 11) is 0. The molecule has 0 amide bonds. The highest BCUT2D eigenvalue weighted by Crippen LogP contribution is 2.20. The topological polar surface area (TPSA) is 12.4 Å². The SMILES string of the molecule is C=C/C=C(\C=C)c1ccc(C(C)N=C)cc1. The van der Waals surface area contributed by atoms with E-state index in [0.29, 0.717) is 0 Å². The Hall–Kier alpha value is -1.89. The van der Waals surface area contributed by atoms with E-state index in [1.807, 2.05) is 19.1 Å². The Kier molecular flexibility index (Phi) is 4.46. The average Bonchev–Trinajstić information content (AvgIpc) is 2.35. The maximum atomic E-state index is 3.99. The fourth-order valence-electron chi connectivity index (χ4n) is 1.47. The quantitative estimate of drug-likeness (QED) is 0.511. The van der Waals surface area contributed by atoms with Crippen LogP contribution >= 0.6 is 0 Å². The first-order valence-electron chi connectivity index (χ1n) is 5.24. The van der Waals surface area contributed by atoms with Gasteiger partial charge < -0.3 is 0 Å². The van der Waals surface area contributed by atoms with Crippen LogP contribution in [0.25, 0.3) is 5.57 Å². The zero-order valence-electron chi connectivity index (χ0n) is 9.69. The van der Waals surface area contributed by atoms with Crippen LogP contribution in [0.5, 0.6) is 0 Å². The molecular formula is C15H17N. The molecule has 0 saturated heterocycles. The van der Waals surface area contributed by atoms with E-state index in [-0.39, 0.29) is 6.04 Å². The van der Waals surface area contributed by atoms with Gasteiger partial charge in [0.15, 0.2) is 0 Å². The van der Waals surface area contributed by atoms with E-state index in [1.165, 1.54) is 5.56 Å². The van der Waals surface area contributed by atoms with Gasteiger partial charge in [-0.2, -0.15) is 0 Å². The van der Waals surface area contributed by atoms with Crippen LogP contribution < -0.4 is 0 Å². The Labute approximate surface area is 97.5 Å². The largest absolute Gasteiger partial charge is 0.293 e. The number of hydrogen-bond acceptors (Lipinski definition) is 1. The van der Waals surface area contributed by atoms with E-state index < -0.39 is 0 Å². The van der Waals surface area contributed by atoms with Crippen molar-refractivity contribution in [1.82, 2.24) is 0 Å². The van der Waals surface area contributed by atoms with Gasteiger partial charge in [0.1, 0.15) is 0 Å². The van der Waals surface area contributed by atoms with Crippen molar-refractivity contribution < 1.29 is 0 Å². The molecule has 1 heteroatoms. The zero-order chi connectivity index (χ0) is 12.0. The lowest BCUT2D eigenvalue weighted by atomic mass is 10.0. The first-order chi connectivity index (χ1) is 7.72. The average molecular weight is 211 g/mol. The van der Waals surface area contributed by atoms with E-state index in [4.69, 9.17) is 0 Å². The number of nitrogens with zero attached hydrogens (tertiary/aromatic N) is 1. The third-order valence-electron chi connectivity index (χ3n) is 2.52. The third kappa shape index (κ3) is 2.80. The van der Waals surface area contributed by atoms with Gasteiger partial charge in [-0.3, -0.25) is 4.99 Å². The molecule has 1 rings (SSSR count). The fourth-order valence-corrected chi connectivity index (χ4v) is 1.47. The molecule has 1 aromatic carbocycles. The Morgan fingerprint density at radius 3 is 2.31 bits per heavy atom. The fraction of sp³-hybridized carbons (Fsp3) is 0.133. The Morgan fingerprint density at radius 2 is 1.88 bits per heavy atom. The van der Waals surface area contributed by atoms with Crippen LogP contribution in [-0.4, -0.2) is 6.72 Å². The van der Waals surface area contributed by atoms with E-state index in [9.17, 15) is 0 Å². The minimum atomic E-state index is 0.143. The Morgan fingerprint density at radius 1 is 1.25 bits per heavy atom. The molecule has 0 aromatic heterocycles. The highest BCUT2D eigenvalue weighted by Gasteiger charge is 2.02. The van der Waals surface area contributed by atoms with Gasteiger partial charge in [0, 0.05) is 0 Å². The summed E-state index contributed by atoms with van der Waals surface area (Å²) in [5.74, 6) is 0. The summed E-state index contributed by atoms with van der Waals surface area (Å²) in [4.78, 5) is 3.99. The maximum Gasteiger partial charge on any atom is 0.0713 e. The van der Waals surface area contributed by atoms with Crippen molar-refractivity contribution in [3.8, 4) is 0 Å². The van der Waals surface area contributed by atoms with Crippen molar-refractivity contribution in [3.63, 3.8) is 0 Å². The summed E-state index contributed by atoms with van der Waals surface area (Å²) < 4.78 is 0. The van der Waals surface area contributed by atoms with E-state index in [0.717, 1.165) is 11.1 Å². The molecule has 0 aliphatic rings. The molecule has 0 saturated carbocycles. The molecule has 0 radical (unpaired) electrons. The standard InChI is InChI=1S/C15H17N/c1-5-7-13(6-2)15-10-8-14(9-11-15)12(3)16-4/h5-12H,1-2,4H2,3H3/b13-7+. The molecule has 0 aliphatic carbocycles. The molecule has 0 spiro atoms.